The van der Waals surface area contributed by atoms with E-state index in [1.807, 2.05) is 0 Å². The first-order valence-electron chi connectivity index (χ1n) is 14.9. The Bertz CT molecular complexity index is 449. The van der Waals surface area contributed by atoms with Gasteiger partial charge in [-0.1, -0.05) is 123 Å². The molecule has 4 nitrogen and oxygen atoms in total. The molecule has 0 aromatic carbocycles. The minimum absolute atomic E-state index is 0.00209. The number of hydrogen-bond acceptors (Lipinski definition) is 4. The molecule has 202 valence electrons. The number of methoxy groups -OCH3 is 1. The third-order valence-electron chi connectivity index (χ3n) is 6.80. The minimum atomic E-state index is -0.116. The Morgan fingerprint density at radius 2 is 0.882 bits per heavy atom. The van der Waals surface area contributed by atoms with Gasteiger partial charge in [-0.05, 0) is 32.1 Å². The molecule has 0 bridgehead atoms. The van der Waals surface area contributed by atoms with Crippen LogP contribution in [0.15, 0.2) is 0 Å². The number of ether oxygens (including phenoxy) is 2. The molecule has 0 heterocycles. The molecule has 0 rings (SSSR count). The van der Waals surface area contributed by atoms with Gasteiger partial charge in [0.15, 0.2) is 0 Å². The third kappa shape index (κ3) is 24.1. The Morgan fingerprint density at radius 1 is 0.500 bits per heavy atom. The molecule has 0 spiro atoms. The Kier molecular flexibility index (Phi) is 25.7. The molecule has 0 radical (unpaired) electrons. The fraction of sp³-hybridized carbons (Fsp3) is 0.933. The van der Waals surface area contributed by atoms with Gasteiger partial charge in [-0.3, -0.25) is 9.59 Å². The maximum Gasteiger partial charge on any atom is 0.306 e. The Balaban J connectivity index is 3.68. The summed E-state index contributed by atoms with van der Waals surface area (Å²) in [5, 5.41) is 0. The van der Waals surface area contributed by atoms with Gasteiger partial charge in [0.05, 0.1) is 7.11 Å². The quantitative estimate of drug-likeness (QED) is 0.0909. The molecule has 0 aromatic rings. The highest BCUT2D eigenvalue weighted by Crippen LogP contribution is 2.17. The third-order valence-corrected chi connectivity index (χ3v) is 6.80. The first-order valence-corrected chi connectivity index (χ1v) is 14.9. The van der Waals surface area contributed by atoms with Crippen LogP contribution < -0.4 is 0 Å². The maximum absolute atomic E-state index is 12.3. The molecular weight excluding hydrogens is 424 g/mol. The van der Waals surface area contributed by atoms with E-state index in [9.17, 15) is 9.59 Å². The van der Waals surface area contributed by atoms with E-state index in [-0.39, 0.29) is 18.0 Å². The molecule has 0 amide bonds. The highest BCUT2D eigenvalue weighted by atomic mass is 16.5. The molecular formula is C30H58O4. The van der Waals surface area contributed by atoms with E-state index in [0.29, 0.717) is 12.8 Å². The lowest BCUT2D eigenvalue weighted by atomic mass is 10.0. The zero-order chi connectivity index (χ0) is 25.1. The molecule has 0 aliphatic heterocycles. The van der Waals surface area contributed by atoms with Gasteiger partial charge in [0.25, 0.3) is 0 Å². The molecule has 0 saturated heterocycles. The summed E-state index contributed by atoms with van der Waals surface area (Å²) in [6.45, 7) is 4.46. The fourth-order valence-corrected chi connectivity index (χ4v) is 4.50. The Labute approximate surface area is 212 Å². The van der Waals surface area contributed by atoms with Crippen molar-refractivity contribution < 1.29 is 19.1 Å². The minimum Gasteiger partial charge on any atom is -0.469 e. The molecule has 34 heavy (non-hydrogen) atoms. The van der Waals surface area contributed by atoms with Gasteiger partial charge in [0.1, 0.15) is 6.10 Å². The van der Waals surface area contributed by atoms with Gasteiger partial charge in [-0.15, -0.1) is 0 Å². The van der Waals surface area contributed by atoms with Crippen LogP contribution in [0.5, 0.6) is 0 Å². The van der Waals surface area contributed by atoms with Crippen LogP contribution in [0.3, 0.4) is 0 Å². The number of esters is 2. The van der Waals surface area contributed by atoms with E-state index < -0.39 is 0 Å². The molecule has 0 aromatic heterocycles. The second-order valence-electron chi connectivity index (χ2n) is 10.1. The van der Waals surface area contributed by atoms with Crippen molar-refractivity contribution in [3.05, 3.63) is 0 Å². The van der Waals surface area contributed by atoms with Crippen LogP contribution >= 0.6 is 0 Å². The normalized spacial score (nSPS) is 12.0. The SMILES string of the molecule is CCCCCCCCCCCCCCCC(=O)OC(CCCC)CCCCCCCC(=O)OC. The van der Waals surface area contributed by atoms with Crippen LogP contribution in [0.25, 0.3) is 0 Å². The van der Waals surface area contributed by atoms with E-state index in [1.54, 1.807) is 0 Å². The number of carbonyl (C=O) groups is 2. The number of hydrogen-bond donors (Lipinski definition) is 0. The van der Waals surface area contributed by atoms with E-state index >= 15 is 0 Å². The second-order valence-corrected chi connectivity index (χ2v) is 10.1. The maximum atomic E-state index is 12.3. The lowest BCUT2D eigenvalue weighted by Crippen LogP contribution is -2.18. The first-order chi connectivity index (χ1) is 16.6. The van der Waals surface area contributed by atoms with Crippen molar-refractivity contribution >= 4 is 11.9 Å². The van der Waals surface area contributed by atoms with Crippen LogP contribution in [0.4, 0.5) is 0 Å². The van der Waals surface area contributed by atoms with Crippen molar-refractivity contribution in [2.75, 3.05) is 7.11 Å². The summed E-state index contributed by atoms with van der Waals surface area (Å²) >= 11 is 0. The van der Waals surface area contributed by atoms with Crippen molar-refractivity contribution in [2.45, 2.75) is 174 Å². The summed E-state index contributed by atoms with van der Waals surface area (Å²) < 4.78 is 10.5. The van der Waals surface area contributed by atoms with Crippen molar-refractivity contribution in [1.82, 2.24) is 0 Å². The molecule has 0 aliphatic rings. The van der Waals surface area contributed by atoms with Crippen LogP contribution in [0, 0.1) is 0 Å². The fourth-order valence-electron chi connectivity index (χ4n) is 4.50. The number of rotatable bonds is 26. The van der Waals surface area contributed by atoms with E-state index in [0.717, 1.165) is 70.6 Å². The Hall–Kier alpha value is -1.06. The summed E-state index contributed by atoms with van der Waals surface area (Å²) in [4.78, 5) is 23.5. The molecule has 0 saturated carbocycles. The van der Waals surface area contributed by atoms with E-state index in [4.69, 9.17) is 4.74 Å². The summed E-state index contributed by atoms with van der Waals surface area (Å²) in [6.07, 6.45) is 27.9. The second kappa shape index (κ2) is 26.5. The highest BCUT2D eigenvalue weighted by Gasteiger charge is 2.14. The van der Waals surface area contributed by atoms with Gasteiger partial charge < -0.3 is 9.47 Å². The van der Waals surface area contributed by atoms with Gasteiger partial charge in [-0.2, -0.15) is 0 Å². The standard InChI is InChI=1S/C30H58O4/c1-4-6-8-9-10-11-12-13-14-15-16-19-23-27-30(32)34-28(24-7-5-2)25-21-18-17-20-22-26-29(31)33-3/h28H,4-27H2,1-3H3. The number of carbonyl (C=O) groups excluding carboxylic acids is 2. The van der Waals surface area contributed by atoms with Crippen molar-refractivity contribution in [2.24, 2.45) is 0 Å². The van der Waals surface area contributed by atoms with Crippen LogP contribution in [-0.4, -0.2) is 25.2 Å². The van der Waals surface area contributed by atoms with Crippen molar-refractivity contribution in [1.29, 1.82) is 0 Å². The monoisotopic (exact) mass is 482 g/mol. The summed E-state index contributed by atoms with van der Waals surface area (Å²) in [5.41, 5.74) is 0. The lowest BCUT2D eigenvalue weighted by molar-refractivity contribution is -0.150. The molecule has 1 unspecified atom stereocenters. The molecule has 0 N–H and O–H groups in total. The largest absolute Gasteiger partial charge is 0.469 e. The molecule has 0 fully saturated rings. The number of unbranched alkanes of at least 4 members (excludes halogenated alkanes) is 17. The summed E-state index contributed by atoms with van der Waals surface area (Å²) in [5.74, 6) is -0.114. The smallest absolute Gasteiger partial charge is 0.306 e. The van der Waals surface area contributed by atoms with Gasteiger partial charge in [0.2, 0.25) is 0 Å². The topological polar surface area (TPSA) is 52.6 Å². The summed E-state index contributed by atoms with van der Waals surface area (Å²) in [6, 6.07) is 0. The lowest BCUT2D eigenvalue weighted by Gasteiger charge is -2.18. The molecule has 1 atom stereocenters. The average Bonchev–Trinajstić information content (AvgIpc) is 2.84. The predicted molar refractivity (Wildman–Crippen MR) is 144 cm³/mol. The first kappa shape index (κ1) is 32.9. The average molecular weight is 483 g/mol. The van der Waals surface area contributed by atoms with Crippen LogP contribution in [0.2, 0.25) is 0 Å². The zero-order valence-corrected chi connectivity index (χ0v) is 23.2. The van der Waals surface area contributed by atoms with Crippen LogP contribution in [-0.2, 0) is 19.1 Å². The highest BCUT2D eigenvalue weighted by molar-refractivity contribution is 5.69. The van der Waals surface area contributed by atoms with Gasteiger partial charge in [0, 0.05) is 12.8 Å². The molecule has 0 aliphatic carbocycles. The molecule has 4 heteroatoms. The van der Waals surface area contributed by atoms with Gasteiger partial charge >= 0.3 is 11.9 Å². The van der Waals surface area contributed by atoms with Crippen LogP contribution in [0.1, 0.15) is 168 Å². The van der Waals surface area contributed by atoms with E-state index in [1.165, 1.54) is 77.7 Å². The summed E-state index contributed by atoms with van der Waals surface area (Å²) in [7, 11) is 1.44. The zero-order valence-electron chi connectivity index (χ0n) is 23.2. The predicted octanol–water partition coefficient (Wildman–Crippen LogP) is 9.47. The van der Waals surface area contributed by atoms with Crippen molar-refractivity contribution in [3.63, 3.8) is 0 Å². The van der Waals surface area contributed by atoms with E-state index in [2.05, 4.69) is 18.6 Å². The van der Waals surface area contributed by atoms with Gasteiger partial charge in [-0.25, -0.2) is 0 Å². The van der Waals surface area contributed by atoms with Crippen molar-refractivity contribution in [3.8, 4) is 0 Å². The Morgan fingerprint density at radius 3 is 1.35 bits per heavy atom.